The molecule has 2 N–H and O–H groups in total. The lowest BCUT2D eigenvalue weighted by Crippen LogP contribution is -2.42. The molecule has 3 atom stereocenters. The molecule has 5 nitrogen and oxygen atoms in total. The lowest BCUT2D eigenvalue weighted by Gasteiger charge is -2.31. The topological polar surface area (TPSA) is 75.4 Å². The van der Waals surface area contributed by atoms with E-state index in [-0.39, 0.29) is 5.69 Å². The minimum Gasteiger partial charge on any atom is -0.387 e. The first-order valence-corrected chi connectivity index (χ1v) is 8.59. The highest BCUT2D eigenvalue weighted by molar-refractivity contribution is 7.99. The molecule has 21 heavy (non-hydrogen) atoms. The van der Waals surface area contributed by atoms with Crippen LogP contribution in [0.5, 0.6) is 0 Å². The van der Waals surface area contributed by atoms with Crippen molar-refractivity contribution in [3.05, 3.63) is 39.9 Å². The number of non-ortho nitro benzene ring substituents is 1. The van der Waals surface area contributed by atoms with Crippen LogP contribution >= 0.6 is 11.8 Å². The molecule has 1 aliphatic rings. The summed E-state index contributed by atoms with van der Waals surface area (Å²) in [5.41, 5.74) is 0.762. The molecular weight excluding hydrogens is 288 g/mol. The van der Waals surface area contributed by atoms with Crippen molar-refractivity contribution in [2.45, 2.75) is 43.1 Å². The predicted octanol–water partition coefficient (Wildman–Crippen LogP) is 2.89. The van der Waals surface area contributed by atoms with E-state index in [1.54, 1.807) is 12.1 Å². The second kappa shape index (κ2) is 7.77. The van der Waals surface area contributed by atoms with Crippen molar-refractivity contribution in [3.8, 4) is 0 Å². The molecule has 0 aromatic heterocycles. The molecule has 2 rings (SSSR count). The van der Waals surface area contributed by atoms with E-state index in [1.807, 2.05) is 11.8 Å². The molecule has 0 bridgehead atoms. The minimum atomic E-state index is -0.629. The van der Waals surface area contributed by atoms with Gasteiger partial charge in [-0.3, -0.25) is 10.1 Å². The van der Waals surface area contributed by atoms with Crippen molar-refractivity contribution in [1.82, 2.24) is 5.32 Å². The summed E-state index contributed by atoms with van der Waals surface area (Å²) in [7, 11) is 0. The minimum absolute atomic E-state index is 0.0497. The fraction of sp³-hybridized carbons (Fsp3) is 0.600. The molecule has 3 unspecified atom stereocenters. The average molecular weight is 310 g/mol. The van der Waals surface area contributed by atoms with Gasteiger partial charge in [-0.1, -0.05) is 12.8 Å². The Kier molecular flexibility index (Phi) is 6.02. The SMILES string of the molecule is CSC1CCCCC1NCC(O)c1ccc([N+](=O)[O-])cc1. The first-order valence-electron chi connectivity index (χ1n) is 7.30. The molecule has 1 aromatic rings. The van der Waals surface area contributed by atoms with Crippen LogP contribution < -0.4 is 5.32 Å². The number of aliphatic hydroxyl groups excluding tert-OH is 1. The van der Waals surface area contributed by atoms with E-state index in [0.29, 0.717) is 23.4 Å². The maximum atomic E-state index is 10.6. The van der Waals surface area contributed by atoms with Gasteiger partial charge < -0.3 is 10.4 Å². The van der Waals surface area contributed by atoms with E-state index >= 15 is 0 Å². The average Bonchev–Trinajstić information content (AvgIpc) is 2.52. The summed E-state index contributed by atoms with van der Waals surface area (Å²) < 4.78 is 0. The summed E-state index contributed by atoms with van der Waals surface area (Å²) in [6.45, 7) is 0.486. The van der Waals surface area contributed by atoms with Crippen LogP contribution in [0.15, 0.2) is 24.3 Å². The van der Waals surface area contributed by atoms with Gasteiger partial charge in [0.25, 0.3) is 5.69 Å². The number of rotatable bonds is 6. The molecule has 0 amide bonds. The van der Waals surface area contributed by atoms with Crippen LogP contribution in [0.25, 0.3) is 0 Å². The number of nitrogens with zero attached hydrogens (tertiary/aromatic N) is 1. The van der Waals surface area contributed by atoms with Gasteiger partial charge in [-0.2, -0.15) is 11.8 Å². The molecular formula is C15H22N2O3S. The van der Waals surface area contributed by atoms with Gasteiger partial charge in [-0.05, 0) is 36.8 Å². The summed E-state index contributed by atoms with van der Waals surface area (Å²) in [4.78, 5) is 10.2. The van der Waals surface area contributed by atoms with Gasteiger partial charge in [0.15, 0.2) is 0 Å². The van der Waals surface area contributed by atoms with Crippen molar-refractivity contribution in [2.75, 3.05) is 12.8 Å². The van der Waals surface area contributed by atoms with Gasteiger partial charge in [0.2, 0.25) is 0 Å². The fourth-order valence-electron chi connectivity index (χ4n) is 2.81. The van der Waals surface area contributed by atoms with Crippen molar-refractivity contribution in [2.24, 2.45) is 0 Å². The van der Waals surface area contributed by atoms with Gasteiger partial charge in [0.05, 0.1) is 11.0 Å². The fourth-order valence-corrected chi connectivity index (χ4v) is 3.77. The number of benzene rings is 1. The van der Waals surface area contributed by atoms with Crippen LogP contribution in [0.1, 0.15) is 37.4 Å². The van der Waals surface area contributed by atoms with Gasteiger partial charge in [0.1, 0.15) is 0 Å². The second-order valence-electron chi connectivity index (χ2n) is 5.44. The maximum Gasteiger partial charge on any atom is 0.269 e. The first kappa shape index (κ1) is 16.3. The normalized spacial score (nSPS) is 23.7. The molecule has 0 saturated heterocycles. The third-order valence-electron chi connectivity index (χ3n) is 4.07. The van der Waals surface area contributed by atoms with Gasteiger partial charge in [-0.15, -0.1) is 0 Å². The van der Waals surface area contributed by atoms with Crippen LogP contribution in [-0.4, -0.2) is 34.1 Å². The largest absolute Gasteiger partial charge is 0.387 e. The standard InChI is InChI=1S/C15H22N2O3S/c1-21-15-5-3-2-4-13(15)16-10-14(18)11-6-8-12(9-7-11)17(19)20/h6-9,13-16,18H,2-5,10H2,1H3. The molecule has 0 heterocycles. The lowest BCUT2D eigenvalue weighted by atomic mass is 9.94. The summed E-state index contributed by atoms with van der Waals surface area (Å²) in [6, 6.07) is 6.56. The van der Waals surface area contributed by atoms with E-state index < -0.39 is 11.0 Å². The zero-order chi connectivity index (χ0) is 15.2. The molecule has 0 aliphatic heterocycles. The number of hydrogen-bond acceptors (Lipinski definition) is 5. The van der Waals surface area contributed by atoms with Gasteiger partial charge >= 0.3 is 0 Å². The van der Waals surface area contributed by atoms with Crippen LogP contribution in [0, 0.1) is 10.1 Å². The predicted molar refractivity (Wildman–Crippen MR) is 85.6 cm³/mol. The van der Waals surface area contributed by atoms with E-state index in [4.69, 9.17) is 0 Å². The highest BCUT2D eigenvalue weighted by Gasteiger charge is 2.24. The first-order chi connectivity index (χ1) is 10.1. The number of nitro groups is 1. The highest BCUT2D eigenvalue weighted by atomic mass is 32.2. The highest BCUT2D eigenvalue weighted by Crippen LogP contribution is 2.27. The monoisotopic (exact) mass is 310 g/mol. The molecule has 0 spiro atoms. The Morgan fingerprint density at radius 1 is 1.38 bits per heavy atom. The van der Waals surface area contributed by atoms with Crippen LogP contribution in [-0.2, 0) is 0 Å². The van der Waals surface area contributed by atoms with Crippen LogP contribution in [0.4, 0.5) is 5.69 Å². The summed E-state index contributed by atoms with van der Waals surface area (Å²) in [5, 5.41) is 24.9. The number of nitrogens with one attached hydrogen (secondary N) is 1. The third-order valence-corrected chi connectivity index (χ3v) is 5.24. The van der Waals surface area contributed by atoms with Crippen molar-refractivity contribution in [1.29, 1.82) is 0 Å². The molecule has 1 fully saturated rings. The smallest absolute Gasteiger partial charge is 0.269 e. The quantitative estimate of drug-likeness (QED) is 0.624. The molecule has 6 heteroatoms. The van der Waals surface area contributed by atoms with E-state index in [0.717, 1.165) is 6.42 Å². The molecule has 0 radical (unpaired) electrons. The maximum absolute atomic E-state index is 10.6. The third kappa shape index (κ3) is 4.43. The van der Waals surface area contributed by atoms with Crippen molar-refractivity contribution < 1.29 is 10.0 Å². The summed E-state index contributed by atoms with van der Waals surface area (Å²) in [6.07, 6.45) is 6.41. The Morgan fingerprint density at radius 3 is 2.67 bits per heavy atom. The van der Waals surface area contributed by atoms with Crippen molar-refractivity contribution >= 4 is 17.4 Å². The molecule has 116 valence electrons. The lowest BCUT2D eigenvalue weighted by molar-refractivity contribution is -0.384. The zero-order valence-electron chi connectivity index (χ0n) is 12.2. The Hall–Kier alpha value is -1.11. The Labute approximate surface area is 129 Å². The Morgan fingerprint density at radius 2 is 2.05 bits per heavy atom. The number of hydrogen-bond donors (Lipinski definition) is 2. The number of thioether (sulfide) groups is 1. The van der Waals surface area contributed by atoms with E-state index in [1.165, 1.54) is 31.4 Å². The second-order valence-corrected chi connectivity index (χ2v) is 6.51. The molecule has 1 aromatic carbocycles. The molecule has 1 aliphatic carbocycles. The van der Waals surface area contributed by atoms with Crippen LogP contribution in [0.2, 0.25) is 0 Å². The molecule has 1 saturated carbocycles. The number of nitro benzene ring substituents is 1. The van der Waals surface area contributed by atoms with E-state index in [2.05, 4.69) is 11.6 Å². The number of aliphatic hydroxyl groups is 1. The van der Waals surface area contributed by atoms with E-state index in [9.17, 15) is 15.2 Å². The summed E-state index contributed by atoms with van der Waals surface area (Å²) in [5.74, 6) is 0. The Balaban J connectivity index is 1.88. The zero-order valence-corrected chi connectivity index (χ0v) is 13.0. The van der Waals surface area contributed by atoms with Crippen LogP contribution in [0.3, 0.4) is 0 Å². The van der Waals surface area contributed by atoms with Crippen molar-refractivity contribution in [3.63, 3.8) is 0 Å². The summed E-state index contributed by atoms with van der Waals surface area (Å²) >= 11 is 1.89. The van der Waals surface area contributed by atoms with Gasteiger partial charge in [-0.25, -0.2) is 0 Å². The Bertz CT molecular complexity index is 466. The van der Waals surface area contributed by atoms with Gasteiger partial charge in [0, 0.05) is 30.0 Å².